The van der Waals surface area contributed by atoms with E-state index in [1.54, 1.807) is 0 Å². The maximum Gasteiger partial charge on any atom is 0.500 e. The van der Waals surface area contributed by atoms with Crippen LogP contribution in [-0.4, -0.2) is 31.5 Å². The third-order valence-electron chi connectivity index (χ3n) is 5.11. The number of carbonyl (C=O) groups excluding carboxylic acids is 1. The van der Waals surface area contributed by atoms with E-state index in [2.05, 4.69) is 5.32 Å². The summed E-state index contributed by atoms with van der Waals surface area (Å²) in [7, 11) is 0.266. The lowest BCUT2D eigenvalue weighted by molar-refractivity contribution is 0.00578. The molecule has 5 nitrogen and oxygen atoms in total. The molecule has 1 aromatic rings. The van der Waals surface area contributed by atoms with Gasteiger partial charge >= 0.3 is 13.2 Å². The van der Waals surface area contributed by atoms with Crippen LogP contribution in [0.15, 0.2) is 12.1 Å². The average Bonchev–Trinajstić information content (AvgIpc) is 2.70. The molecule has 0 aliphatic carbocycles. The van der Waals surface area contributed by atoms with E-state index in [0.717, 1.165) is 0 Å². The summed E-state index contributed by atoms with van der Waals surface area (Å²) in [5.74, 6) is -1.61. The van der Waals surface area contributed by atoms with Crippen LogP contribution in [0.1, 0.15) is 60.1 Å². The van der Waals surface area contributed by atoms with Gasteiger partial charge in [-0.05, 0) is 45.4 Å². The highest BCUT2D eigenvalue weighted by Gasteiger charge is 2.53. The first-order valence-corrected chi connectivity index (χ1v) is 8.92. The molecule has 1 aliphatic rings. The van der Waals surface area contributed by atoms with Gasteiger partial charge in [-0.15, -0.1) is 0 Å². The minimum atomic E-state index is -1.16. The molecule has 1 unspecified atom stereocenters. The van der Waals surface area contributed by atoms with Gasteiger partial charge in [0.05, 0.1) is 16.7 Å². The van der Waals surface area contributed by atoms with Gasteiger partial charge in [0.15, 0.2) is 0 Å². The molecule has 1 aliphatic heterocycles. The van der Waals surface area contributed by atoms with Crippen molar-refractivity contribution >= 4 is 18.7 Å². The zero-order valence-electron chi connectivity index (χ0n) is 17.2. The lowest BCUT2D eigenvalue weighted by Crippen LogP contribution is -2.41. The van der Waals surface area contributed by atoms with Crippen molar-refractivity contribution in [1.29, 1.82) is 0 Å². The van der Waals surface area contributed by atoms with Crippen molar-refractivity contribution in [3.8, 4) is 0 Å². The standard InChI is InChI=1S/C19H28BF2NO4/c1-17(2,3)15(25-16(24)23-8)11-9-12(21)14(13(22)10-11)20-26-18(4,5)19(6,7)27-20/h9-10,15H,1-8H3,(H,23,24). The molecule has 1 heterocycles. The van der Waals surface area contributed by atoms with Crippen molar-refractivity contribution in [2.24, 2.45) is 5.41 Å². The molecule has 0 aromatic heterocycles. The second kappa shape index (κ2) is 7.06. The van der Waals surface area contributed by atoms with E-state index in [1.165, 1.54) is 19.2 Å². The van der Waals surface area contributed by atoms with Crippen LogP contribution in [-0.2, 0) is 14.0 Å². The summed E-state index contributed by atoms with van der Waals surface area (Å²) < 4.78 is 46.6. The first-order chi connectivity index (χ1) is 12.2. The maximum absolute atomic E-state index is 14.9. The van der Waals surface area contributed by atoms with Crippen LogP contribution >= 0.6 is 0 Å². The summed E-state index contributed by atoms with van der Waals surface area (Å²) in [5.41, 5.74) is -2.07. The molecule has 0 spiro atoms. The number of halogens is 2. The Morgan fingerprint density at radius 2 is 1.56 bits per heavy atom. The van der Waals surface area contributed by atoms with Crippen LogP contribution < -0.4 is 10.8 Å². The zero-order valence-corrected chi connectivity index (χ0v) is 17.2. The highest BCUT2D eigenvalue weighted by atomic mass is 19.1. The molecule has 0 saturated carbocycles. The fourth-order valence-corrected chi connectivity index (χ4v) is 2.85. The Labute approximate surface area is 159 Å². The Hall–Kier alpha value is -1.67. The second-order valence-corrected chi connectivity index (χ2v) is 8.89. The molecule has 1 fully saturated rings. The van der Waals surface area contributed by atoms with Crippen molar-refractivity contribution in [1.82, 2.24) is 5.32 Å². The van der Waals surface area contributed by atoms with E-state index in [1.807, 2.05) is 48.5 Å². The number of hydrogen-bond acceptors (Lipinski definition) is 4. The van der Waals surface area contributed by atoms with Crippen LogP contribution in [0.2, 0.25) is 0 Å². The molecule has 1 saturated heterocycles. The summed E-state index contributed by atoms with van der Waals surface area (Å²) in [5, 5.41) is 2.35. The number of ether oxygens (including phenoxy) is 1. The highest BCUT2D eigenvalue weighted by molar-refractivity contribution is 6.62. The third-order valence-corrected chi connectivity index (χ3v) is 5.11. The molecular formula is C19H28BF2NO4. The van der Waals surface area contributed by atoms with Crippen LogP contribution in [0, 0.1) is 17.0 Å². The van der Waals surface area contributed by atoms with Crippen LogP contribution in [0.25, 0.3) is 0 Å². The third kappa shape index (κ3) is 4.27. The van der Waals surface area contributed by atoms with E-state index in [-0.39, 0.29) is 11.0 Å². The second-order valence-electron chi connectivity index (χ2n) is 8.89. The summed E-state index contributed by atoms with van der Waals surface area (Å²) in [6.45, 7) is 12.7. The van der Waals surface area contributed by atoms with Crippen LogP contribution in [0.4, 0.5) is 13.6 Å². The first-order valence-electron chi connectivity index (χ1n) is 8.92. The first kappa shape index (κ1) is 21.6. The minimum absolute atomic E-state index is 0.223. The van der Waals surface area contributed by atoms with Gasteiger partial charge in [-0.3, -0.25) is 0 Å². The van der Waals surface area contributed by atoms with E-state index in [0.29, 0.717) is 0 Å². The van der Waals surface area contributed by atoms with Crippen molar-refractivity contribution in [3.63, 3.8) is 0 Å². The Morgan fingerprint density at radius 3 is 1.93 bits per heavy atom. The van der Waals surface area contributed by atoms with Crippen molar-refractivity contribution < 1.29 is 27.6 Å². The van der Waals surface area contributed by atoms with Gasteiger partial charge in [0.1, 0.15) is 17.7 Å². The molecule has 1 aromatic carbocycles. The number of hydrogen-bond donors (Lipinski definition) is 1. The predicted molar refractivity (Wildman–Crippen MR) is 99.8 cm³/mol. The average molecular weight is 383 g/mol. The molecule has 1 atom stereocenters. The van der Waals surface area contributed by atoms with E-state index < -0.39 is 47.6 Å². The Balaban J connectivity index is 2.43. The van der Waals surface area contributed by atoms with Crippen LogP contribution in [0.5, 0.6) is 0 Å². The number of rotatable bonds is 3. The summed E-state index contributed by atoms with van der Waals surface area (Å²) in [6, 6.07) is 2.34. The number of amides is 1. The fourth-order valence-electron chi connectivity index (χ4n) is 2.85. The SMILES string of the molecule is CNC(=O)OC(c1cc(F)c(B2OC(C)(C)C(C)(C)O2)c(F)c1)C(C)(C)C. The molecule has 1 amide bonds. The van der Waals surface area contributed by atoms with Gasteiger partial charge in [-0.25, -0.2) is 13.6 Å². The normalized spacial score (nSPS) is 19.7. The largest absolute Gasteiger partial charge is 0.500 e. The van der Waals surface area contributed by atoms with E-state index in [9.17, 15) is 13.6 Å². The van der Waals surface area contributed by atoms with E-state index in [4.69, 9.17) is 14.0 Å². The Morgan fingerprint density at radius 1 is 1.11 bits per heavy atom. The lowest BCUT2D eigenvalue weighted by Gasteiger charge is -2.32. The van der Waals surface area contributed by atoms with Crippen molar-refractivity contribution in [2.45, 2.75) is 65.8 Å². The quantitative estimate of drug-likeness (QED) is 0.809. The van der Waals surface area contributed by atoms with Gasteiger partial charge in [-0.1, -0.05) is 20.8 Å². The molecule has 2 rings (SSSR count). The molecular weight excluding hydrogens is 355 g/mol. The topological polar surface area (TPSA) is 56.8 Å². The van der Waals surface area contributed by atoms with Gasteiger partial charge < -0.3 is 19.4 Å². The zero-order chi connectivity index (χ0) is 20.8. The molecule has 150 valence electrons. The van der Waals surface area contributed by atoms with Crippen molar-refractivity contribution in [2.75, 3.05) is 7.05 Å². The smallest absolute Gasteiger partial charge is 0.441 e. The molecule has 8 heteroatoms. The summed E-state index contributed by atoms with van der Waals surface area (Å²) in [4.78, 5) is 11.7. The molecule has 1 N–H and O–H groups in total. The lowest BCUT2D eigenvalue weighted by atomic mass is 9.76. The minimum Gasteiger partial charge on any atom is -0.441 e. The predicted octanol–water partition coefficient (Wildman–Crippen LogP) is 3.71. The number of carbonyl (C=O) groups is 1. The van der Waals surface area contributed by atoms with Gasteiger partial charge in [0.2, 0.25) is 0 Å². The maximum atomic E-state index is 14.9. The highest BCUT2D eigenvalue weighted by Crippen LogP contribution is 2.39. The number of nitrogens with one attached hydrogen (secondary N) is 1. The molecule has 27 heavy (non-hydrogen) atoms. The fraction of sp³-hybridized carbons (Fsp3) is 0.632. The summed E-state index contributed by atoms with van der Waals surface area (Å²) >= 11 is 0. The monoisotopic (exact) mass is 383 g/mol. The van der Waals surface area contributed by atoms with E-state index >= 15 is 0 Å². The van der Waals surface area contributed by atoms with Gasteiger partial charge in [0, 0.05) is 12.5 Å². The van der Waals surface area contributed by atoms with Crippen molar-refractivity contribution in [3.05, 3.63) is 29.3 Å². The Kier molecular flexibility index (Phi) is 5.65. The van der Waals surface area contributed by atoms with Crippen LogP contribution in [0.3, 0.4) is 0 Å². The van der Waals surface area contributed by atoms with Gasteiger partial charge in [-0.2, -0.15) is 0 Å². The summed E-state index contributed by atoms with van der Waals surface area (Å²) in [6.07, 6.45) is -1.51. The molecule has 0 radical (unpaired) electrons. The van der Waals surface area contributed by atoms with Gasteiger partial charge in [0.25, 0.3) is 0 Å². The molecule has 0 bridgehead atoms. The number of benzene rings is 1. The Bertz CT molecular complexity index is 692. The number of alkyl carbamates (subject to hydrolysis) is 1.